The number of nitrogens with one attached hydrogen (secondary N) is 3. The molecule has 5 nitrogen and oxygen atoms in total. The summed E-state index contributed by atoms with van der Waals surface area (Å²) in [5.41, 5.74) is 4.12. The van der Waals surface area contributed by atoms with E-state index >= 15 is 0 Å². The first kappa shape index (κ1) is 14.4. The van der Waals surface area contributed by atoms with Crippen LogP contribution in [0.2, 0.25) is 0 Å². The first-order valence-corrected chi connectivity index (χ1v) is 7.61. The molecule has 6 heteroatoms. The number of anilines is 1. The van der Waals surface area contributed by atoms with Crippen molar-refractivity contribution in [2.24, 2.45) is 0 Å². The highest BCUT2D eigenvalue weighted by Gasteiger charge is 2.14. The standard InChI is InChI=1S/C18H15FN4O/c1-10-12(13-8-11(19)6-7-14(13)20-10)9-17(24)23-18-21-15-4-2-3-5-16(15)22-18/h2-8,20H,9H2,1H3,(H2,21,22,23,24). The van der Waals surface area contributed by atoms with Crippen molar-refractivity contribution in [2.45, 2.75) is 13.3 Å². The van der Waals surface area contributed by atoms with Gasteiger partial charge in [0.05, 0.1) is 17.5 Å². The van der Waals surface area contributed by atoms with Gasteiger partial charge in [-0.15, -0.1) is 0 Å². The number of H-pyrrole nitrogens is 2. The van der Waals surface area contributed by atoms with E-state index in [1.54, 1.807) is 6.07 Å². The Morgan fingerprint density at radius 1 is 1.17 bits per heavy atom. The first-order valence-electron chi connectivity index (χ1n) is 7.61. The van der Waals surface area contributed by atoms with Crippen LogP contribution < -0.4 is 5.32 Å². The maximum atomic E-state index is 13.5. The van der Waals surface area contributed by atoms with E-state index in [1.165, 1.54) is 12.1 Å². The fourth-order valence-corrected chi connectivity index (χ4v) is 2.93. The maximum absolute atomic E-state index is 13.5. The van der Waals surface area contributed by atoms with Gasteiger partial charge in [0.1, 0.15) is 5.82 Å². The van der Waals surface area contributed by atoms with Crippen LogP contribution in [0.3, 0.4) is 0 Å². The Bertz CT molecular complexity index is 1030. The zero-order chi connectivity index (χ0) is 16.7. The average Bonchev–Trinajstić information content (AvgIpc) is 3.08. The number of para-hydroxylation sites is 2. The van der Waals surface area contributed by atoms with Crippen molar-refractivity contribution in [1.29, 1.82) is 0 Å². The molecule has 0 fully saturated rings. The van der Waals surface area contributed by atoms with Crippen molar-refractivity contribution < 1.29 is 9.18 Å². The number of hydrogen-bond acceptors (Lipinski definition) is 2. The van der Waals surface area contributed by atoms with Crippen molar-refractivity contribution in [2.75, 3.05) is 5.32 Å². The molecular formula is C18H15FN4O. The third-order valence-corrected chi connectivity index (χ3v) is 4.07. The second kappa shape index (κ2) is 5.49. The first-order chi connectivity index (χ1) is 11.6. The van der Waals surface area contributed by atoms with Crippen molar-refractivity contribution in [3.8, 4) is 0 Å². The highest BCUT2D eigenvalue weighted by atomic mass is 19.1. The molecule has 2 aromatic heterocycles. The molecule has 0 unspecified atom stereocenters. The Kier molecular flexibility index (Phi) is 3.30. The summed E-state index contributed by atoms with van der Waals surface area (Å²) in [6.07, 6.45) is 0.145. The minimum absolute atomic E-state index is 0.145. The minimum Gasteiger partial charge on any atom is -0.358 e. The lowest BCUT2D eigenvalue weighted by Gasteiger charge is -2.03. The van der Waals surface area contributed by atoms with Crippen LogP contribution in [0.4, 0.5) is 10.3 Å². The highest BCUT2D eigenvalue weighted by Crippen LogP contribution is 2.24. The number of carbonyl (C=O) groups excluding carboxylic acids is 1. The summed E-state index contributed by atoms with van der Waals surface area (Å²) in [6, 6.07) is 12.1. The van der Waals surface area contributed by atoms with E-state index in [9.17, 15) is 9.18 Å². The number of benzene rings is 2. The molecule has 0 atom stereocenters. The number of fused-ring (bicyclic) bond motifs is 2. The Morgan fingerprint density at radius 2 is 2.00 bits per heavy atom. The molecule has 2 heterocycles. The van der Waals surface area contributed by atoms with Gasteiger partial charge in [-0.25, -0.2) is 9.37 Å². The van der Waals surface area contributed by atoms with Crippen molar-refractivity contribution in [1.82, 2.24) is 15.0 Å². The van der Waals surface area contributed by atoms with Crippen LogP contribution in [0.5, 0.6) is 0 Å². The molecule has 0 bridgehead atoms. The molecule has 120 valence electrons. The molecular weight excluding hydrogens is 307 g/mol. The summed E-state index contributed by atoms with van der Waals surface area (Å²) in [6.45, 7) is 1.88. The molecule has 3 N–H and O–H groups in total. The zero-order valence-electron chi connectivity index (χ0n) is 13.0. The lowest BCUT2D eigenvalue weighted by molar-refractivity contribution is -0.115. The Balaban J connectivity index is 1.60. The summed E-state index contributed by atoms with van der Waals surface area (Å²) in [7, 11) is 0. The van der Waals surface area contributed by atoms with Gasteiger partial charge in [0.25, 0.3) is 0 Å². The van der Waals surface area contributed by atoms with E-state index in [2.05, 4.69) is 20.3 Å². The molecule has 24 heavy (non-hydrogen) atoms. The third-order valence-electron chi connectivity index (χ3n) is 4.07. The molecule has 4 aromatic rings. The summed E-state index contributed by atoms with van der Waals surface area (Å²) in [4.78, 5) is 22.9. The molecule has 0 saturated carbocycles. The van der Waals surface area contributed by atoms with Crippen LogP contribution in [0.15, 0.2) is 42.5 Å². The summed E-state index contributed by atoms with van der Waals surface area (Å²) < 4.78 is 13.5. The Labute approximate surface area is 136 Å². The van der Waals surface area contributed by atoms with E-state index in [0.717, 1.165) is 33.2 Å². The molecule has 0 aliphatic rings. The number of imidazole rings is 1. The molecule has 4 rings (SSSR count). The molecule has 0 aliphatic carbocycles. The lowest BCUT2D eigenvalue weighted by atomic mass is 10.1. The number of rotatable bonds is 3. The smallest absolute Gasteiger partial charge is 0.231 e. The molecule has 0 saturated heterocycles. The van der Waals surface area contributed by atoms with Crippen molar-refractivity contribution in [3.05, 3.63) is 59.5 Å². The number of amides is 1. The van der Waals surface area contributed by atoms with Crippen LogP contribution in [-0.2, 0) is 11.2 Å². The average molecular weight is 322 g/mol. The zero-order valence-corrected chi connectivity index (χ0v) is 13.0. The number of aromatic amines is 2. The number of aryl methyl sites for hydroxylation is 1. The van der Waals surface area contributed by atoms with Crippen molar-refractivity contribution >= 4 is 33.8 Å². The van der Waals surface area contributed by atoms with Gasteiger partial charge in [0.2, 0.25) is 11.9 Å². The van der Waals surface area contributed by atoms with Gasteiger partial charge in [0, 0.05) is 16.6 Å². The van der Waals surface area contributed by atoms with Gasteiger partial charge in [-0.2, -0.15) is 0 Å². The topological polar surface area (TPSA) is 73.6 Å². The van der Waals surface area contributed by atoms with Gasteiger partial charge in [0.15, 0.2) is 0 Å². The SMILES string of the molecule is Cc1[nH]c2ccc(F)cc2c1CC(=O)Nc1nc2ccccc2[nH]1. The molecule has 0 aliphatic heterocycles. The minimum atomic E-state index is -0.319. The summed E-state index contributed by atoms with van der Waals surface area (Å²) in [5, 5.41) is 3.49. The number of aromatic nitrogens is 3. The van der Waals surface area contributed by atoms with Gasteiger partial charge in [-0.05, 0) is 42.8 Å². The monoisotopic (exact) mass is 322 g/mol. The van der Waals surface area contributed by atoms with Gasteiger partial charge in [-0.3, -0.25) is 10.1 Å². The number of nitrogens with zero attached hydrogens (tertiary/aromatic N) is 1. The second-order valence-electron chi connectivity index (χ2n) is 5.75. The fraction of sp³-hybridized carbons (Fsp3) is 0.111. The van der Waals surface area contributed by atoms with E-state index in [-0.39, 0.29) is 18.1 Å². The third kappa shape index (κ3) is 2.52. The summed E-state index contributed by atoms with van der Waals surface area (Å²) in [5.74, 6) is -0.118. The quantitative estimate of drug-likeness (QED) is 0.538. The van der Waals surface area contributed by atoms with Crippen LogP contribution in [0.1, 0.15) is 11.3 Å². The summed E-state index contributed by atoms with van der Waals surface area (Å²) >= 11 is 0. The predicted octanol–water partition coefficient (Wildman–Crippen LogP) is 3.67. The van der Waals surface area contributed by atoms with E-state index in [1.807, 2.05) is 31.2 Å². The van der Waals surface area contributed by atoms with Crippen LogP contribution in [0, 0.1) is 12.7 Å². The van der Waals surface area contributed by atoms with E-state index in [4.69, 9.17) is 0 Å². The van der Waals surface area contributed by atoms with Crippen LogP contribution >= 0.6 is 0 Å². The molecule has 0 radical (unpaired) electrons. The molecule has 0 spiro atoms. The predicted molar refractivity (Wildman–Crippen MR) is 91.4 cm³/mol. The van der Waals surface area contributed by atoms with Gasteiger partial charge < -0.3 is 9.97 Å². The second-order valence-corrected chi connectivity index (χ2v) is 5.75. The van der Waals surface area contributed by atoms with Crippen LogP contribution in [-0.4, -0.2) is 20.9 Å². The Hall–Kier alpha value is -3.15. The van der Waals surface area contributed by atoms with E-state index < -0.39 is 0 Å². The number of carbonyl (C=O) groups is 1. The molecule has 1 amide bonds. The largest absolute Gasteiger partial charge is 0.358 e. The maximum Gasteiger partial charge on any atom is 0.231 e. The molecule has 2 aromatic carbocycles. The van der Waals surface area contributed by atoms with Gasteiger partial charge in [-0.1, -0.05) is 12.1 Å². The van der Waals surface area contributed by atoms with Crippen molar-refractivity contribution in [3.63, 3.8) is 0 Å². The Morgan fingerprint density at radius 3 is 2.83 bits per heavy atom. The number of hydrogen-bond donors (Lipinski definition) is 3. The highest BCUT2D eigenvalue weighted by molar-refractivity contribution is 5.96. The fourth-order valence-electron chi connectivity index (χ4n) is 2.93. The number of halogens is 1. The van der Waals surface area contributed by atoms with Gasteiger partial charge >= 0.3 is 0 Å². The lowest BCUT2D eigenvalue weighted by Crippen LogP contribution is -2.15. The van der Waals surface area contributed by atoms with Crippen LogP contribution in [0.25, 0.3) is 21.9 Å². The normalized spacial score (nSPS) is 11.2. The van der Waals surface area contributed by atoms with E-state index in [0.29, 0.717) is 5.95 Å².